The zero-order valence-corrected chi connectivity index (χ0v) is 33.0. The molecule has 15 nitrogen and oxygen atoms in total. The van der Waals surface area contributed by atoms with Gasteiger partial charge in [-0.15, -0.1) is 0 Å². The van der Waals surface area contributed by atoms with Gasteiger partial charge in [0.25, 0.3) is 11.8 Å². The van der Waals surface area contributed by atoms with Crippen LogP contribution in [0.25, 0.3) is 4.85 Å². The Labute approximate surface area is 342 Å². The minimum atomic E-state index is -0.978. The lowest BCUT2D eigenvalue weighted by molar-refractivity contribution is -0.136. The van der Waals surface area contributed by atoms with Gasteiger partial charge in [0.1, 0.15) is 11.9 Å². The first kappa shape index (κ1) is 39.3. The molecule has 6 heterocycles. The maximum Gasteiger partial charge on any atom is 0.262 e. The van der Waals surface area contributed by atoms with Gasteiger partial charge in [0, 0.05) is 87.6 Å². The van der Waals surface area contributed by atoms with Crippen LogP contribution in [-0.2, 0) is 19.1 Å². The first-order valence-corrected chi connectivity index (χ1v) is 20.4. The molecule has 4 fully saturated rings. The minimum Gasteiger partial charge on any atom is -0.377 e. The highest BCUT2D eigenvalue weighted by molar-refractivity contribution is 6.33. The minimum absolute atomic E-state index is 0.0141. The van der Waals surface area contributed by atoms with E-state index in [2.05, 4.69) is 40.1 Å². The van der Waals surface area contributed by atoms with Gasteiger partial charge >= 0.3 is 0 Å². The highest BCUT2D eigenvalue weighted by Gasteiger charge is 2.45. The van der Waals surface area contributed by atoms with E-state index in [9.17, 15) is 24.0 Å². The quantitative estimate of drug-likeness (QED) is 0.222. The van der Waals surface area contributed by atoms with E-state index in [1.165, 1.54) is 0 Å². The van der Waals surface area contributed by atoms with Crippen LogP contribution >= 0.6 is 11.6 Å². The van der Waals surface area contributed by atoms with Gasteiger partial charge in [0.2, 0.25) is 23.4 Å². The van der Waals surface area contributed by atoms with Crippen molar-refractivity contribution in [2.24, 2.45) is 5.92 Å². The third kappa shape index (κ3) is 8.36. The highest BCUT2D eigenvalue weighted by Crippen LogP contribution is 2.34. The molecule has 4 saturated heterocycles. The maximum absolute atomic E-state index is 13.3. The molecule has 3 aromatic rings. The number of anilines is 4. The fourth-order valence-electron chi connectivity index (χ4n) is 8.57. The Morgan fingerprint density at radius 1 is 0.810 bits per heavy atom. The number of rotatable bonds is 10. The molecule has 5 aliphatic rings. The number of piperazine rings is 1. The molecule has 0 radical (unpaired) electrons. The summed E-state index contributed by atoms with van der Waals surface area (Å²) in [5, 5.41) is 5.68. The molecule has 16 heteroatoms. The van der Waals surface area contributed by atoms with Crippen LogP contribution in [0.2, 0.25) is 5.02 Å². The Morgan fingerprint density at radius 3 is 2.14 bits per heavy atom. The van der Waals surface area contributed by atoms with E-state index in [0.717, 1.165) is 107 Å². The lowest BCUT2D eigenvalue weighted by Crippen LogP contribution is -2.54. The van der Waals surface area contributed by atoms with Crippen LogP contribution in [-0.4, -0.2) is 122 Å². The maximum atomic E-state index is 13.3. The van der Waals surface area contributed by atoms with Crippen LogP contribution in [0, 0.1) is 12.5 Å². The second-order valence-corrected chi connectivity index (χ2v) is 15.9. The molecule has 8 rings (SSSR count). The van der Waals surface area contributed by atoms with Crippen molar-refractivity contribution in [2.45, 2.75) is 50.7 Å². The molecule has 1 aromatic heterocycles. The van der Waals surface area contributed by atoms with E-state index in [4.69, 9.17) is 22.9 Å². The number of benzene rings is 2. The molecule has 2 aromatic carbocycles. The summed E-state index contributed by atoms with van der Waals surface area (Å²) in [6.45, 7) is 15.3. The summed E-state index contributed by atoms with van der Waals surface area (Å²) >= 11 is 6.23. The molecule has 0 bridgehead atoms. The number of imide groups is 2. The van der Waals surface area contributed by atoms with Crippen molar-refractivity contribution in [1.29, 1.82) is 0 Å². The number of ether oxygens (including phenoxy) is 1. The molecule has 0 aliphatic carbocycles. The van der Waals surface area contributed by atoms with Crippen molar-refractivity contribution < 1.29 is 28.7 Å². The number of piperidine rings is 3. The highest BCUT2D eigenvalue weighted by atomic mass is 35.5. The number of nitrogens with one attached hydrogen (secondary N) is 2. The van der Waals surface area contributed by atoms with Gasteiger partial charge < -0.3 is 24.8 Å². The van der Waals surface area contributed by atoms with Crippen molar-refractivity contribution in [1.82, 2.24) is 20.1 Å². The summed E-state index contributed by atoms with van der Waals surface area (Å²) in [5.41, 5.74) is 3.87. The van der Waals surface area contributed by atoms with Crippen LogP contribution < -0.4 is 25.3 Å². The Bertz CT molecular complexity index is 2120. The first-order chi connectivity index (χ1) is 28.1. The SMILES string of the molecule is [C-]#[N+]c1ccc(N2CCC(C(=O)Nc3ccc(N4CCN(CCOC5CCN(c6ccc7c(c6)C(=O)N(C6CCC(=O)NC6=O)C7=O)CC5)CC4)cn3)CC2)cc1Cl. The topological polar surface area (TPSA) is 152 Å². The van der Waals surface area contributed by atoms with Crippen molar-refractivity contribution in [2.75, 3.05) is 85.5 Å². The number of aromatic nitrogens is 1. The van der Waals surface area contributed by atoms with Gasteiger partial charge in [-0.05, 0) is 74.6 Å². The first-order valence-electron chi connectivity index (χ1n) is 20.0. The average molecular weight is 808 g/mol. The van der Waals surface area contributed by atoms with Crippen LogP contribution in [0.1, 0.15) is 59.2 Å². The number of nitrogens with zero attached hydrogens (tertiary/aromatic N) is 7. The molecule has 1 atom stereocenters. The largest absolute Gasteiger partial charge is 0.377 e. The van der Waals surface area contributed by atoms with E-state index in [1.54, 1.807) is 18.2 Å². The molecular formula is C42H46ClN9O6. The van der Waals surface area contributed by atoms with Crippen LogP contribution in [0.3, 0.4) is 0 Å². The average Bonchev–Trinajstić information content (AvgIpc) is 3.49. The predicted molar refractivity (Wildman–Crippen MR) is 218 cm³/mol. The molecule has 2 N–H and O–H groups in total. The molecule has 0 spiro atoms. The summed E-state index contributed by atoms with van der Waals surface area (Å²) in [6, 6.07) is 13.6. The standard InChI is InChI=1S/C42H46ClN9O6/c1-44-35-6-3-29(25-34(35)43)49-14-10-27(11-15-49)39(54)46-37-8-4-30(26-45-37)51-20-18-48(19-21-51)22-23-58-31-12-16-50(17-13-31)28-2-5-32-33(24-28)42(57)52(41(32)56)36-7-9-38(53)47-40(36)55/h2-6,8,24-27,31,36H,7,9-23H2,(H,45,46,54)(H,47,53,55). The van der Waals surface area contributed by atoms with E-state index in [-0.39, 0.29) is 36.3 Å². The Balaban J connectivity index is 0.726. The molecule has 5 aliphatic heterocycles. The Morgan fingerprint density at radius 2 is 1.47 bits per heavy atom. The zero-order chi connectivity index (χ0) is 40.3. The van der Waals surface area contributed by atoms with Crippen molar-refractivity contribution in [3.05, 3.63) is 82.3 Å². The number of carbonyl (C=O) groups is 5. The van der Waals surface area contributed by atoms with Gasteiger partial charge in [0.15, 0.2) is 0 Å². The number of halogens is 1. The van der Waals surface area contributed by atoms with Gasteiger partial charge in [0.05, 0.1) is 42.3 Å². The molecule has 0 saturated carbocycles. The smallest absolute Gasteiger partial charge is 0.262 e. The second kappa shape index (κ2) is 17.1. The van der Waals surface area contributed by atoms with Gasteiger partial charge in [-0.1, -0.05) is 17.7 Å². The molecule has 1 unspecified atom stereocenters. The van der Waals surface area contributed by atoms with E-state index in [1.807, 2.05) is 36.5 Å². The van der Waals surface area contributed by atoms with Gasteiger partial charge in [-0.25, -0.2) is 9.83 Å². The van der Waals surface area contributed by atoms with E-state index < -0.39 is 29.7 Å². The number of fused-ring (bicyclic) bond motifs is 1. The monoisotopic (exact) mass is 807 g/mol. The third-order valence-electron chi connectivity index (χ3n) is 12.0. The Hall–Kier alpha value is -5.56. The second-order valence-electron chi connectivity index (χ2n) is 15.5. The summed E-state index contributed by atoms with van der Waals surface area (Å²) < 4.78 is 6.30. The summed E-state index contributed by atoms with van der Waals surface area (Å²) in [5.74, 6) is -1.56. The predicted octanol–water partition coefficient (Wildman–Crippen LogP) is 4.35. The van der Waals surface area contributed by atoms with Crippen LogP contribution in [0.4, 0.5) is 28.6 Å². The summed E-state index contributed by atoms with van der Waals surface area (Å²) in [4.78, 5) is 81.5. The van der Waals surface area contributed by atoms with Crippen molar-refractivity contribution >= 4 is 69.7 Å². The number of amides is 5. The molecule has 5 amide bonds. The summed E-state index contributed by atoms with van der Waals surface area (Å²) in [7, 11) is 0. The molecule has 58 heavy (non-hydrogen) atoms. The number of hydrogen-bond donors (Lipinski definition) is 2. The fraction of sp³-hybridized carbons (Fsp3) is 0.452. The van der Waals surface area contributed by atoms with E-state index >= 15 is 0 Å². The number of pyridine rings is 1. The zero-order valence-electron chi connectivity index (χ0n) is 32.2. The van der Waals surface area contributed by atoms with Gasteiger partial charge in [-0.2, -0.15) is 0 Å². The number of carbonyl (C=O) groups excluding carboxylic acids is 5. The fourth-order valence-corrected chi connectivity index (χ4v) is 8.79. The molecule has 302 valence electrons. The number of hydrogen-bond acceptors (Lipinski definition) is 11. The lowest BCUT2D eigenvalue weighted by atomic mass is 9.95. The normalized spacial score (nSPS) is 20.9. The third-order valence-corrected chi connectivity index (χ3v) is 12.3. The van der Waals surface area contributed by atoms with Crippen molar-refractivity contribution in [3.63, 3.8) is 0 Å². The van der Waals surface area contributed by atoms with Crippen LogP contribution in [0.5, 0.6) is 0 Å². The van der Waals surface area contributed by atoms with Crippen molar-refractivity contribution in [3.8, 4) is 0 Å². The molecular weight excluding hydrogens is 762 g/mol. The van der Waals surface area contributed by atoms with E-state index in [0.29, 0.717) is 28.7 Å². The lowest BCUT2D eigenvalue weighted by Gasteiger charge is -2.37. The Kier molecular flexibility index (Phi) is 11.6. The van der Waals surface area contributed by atoms with Gasteiger partial charge in [-0.3, -0.25) is 39.1 Å². The summed E-state index contributed by atoms with van der Waals surface area (Å²) in [6.07, 6.45) is 5.33. The van der Waals surface area contributed by atoms with Crippen LogP contribution in [0.15, 0.2) is 54.7 Å².